The number of allylic oxidation sites excluding steroid dienone is 4. The number of rotatable bonds is 8. The number of ether oxygens (including phenoxy) is 2. The van der Waals surface area contributed by atoms with E-state index in [1.807, 2.05) is 54.8 Å². The maximum absolute atomic E-state index is 13.8. The van der Waals surface area contributed by atoms with Crippen LogP contribution in [0.3, 0.4) is 0 Å². The molecule has 0 spiro atoms. The van der Waals surface area contributed by atoms with Crippen molar-refractivity contribution in [2.45, 2.75) is 65.5 Å². The van der Waals surface area contributed by atoms with Crippen molar-refractivity contribution in [3.63, 3.8) is 0 Å². The van der Waals surface area contributed by atoms with Crippen LogP contribution in [0.4, 0.5) is 4.79 Å². The molecule has 1 saturated heterocycles. The van der Waals surface area contributed by atoms with E-state index < -0.39 is 5.54 Å². The quantitative estimate of drug-likeness (QED) is 0.485. The molecule has 8 heteroatoms. The molecule has 38 heavy (non-hydrogen) atoms. The highest BCUT2D eigenvalue weighted by Gasteiger charge is 2.52. The zero-order chi connectivity index (χ0) is 27.8. The summed E-state index contributed by atoms with van der Waals surface area (Å²) in [6.07, 6.45) is 7.04. The first-order valence-electron chi connectivity index (χ1n) is 13.5. The van der Waals surface area contributed by atoms with Crippen LogP contribution >= 0.6 is 0 Å². The largest absolute Gasteiger partial charge is 0.497 e. The summed E-state index contributed by atoms with van der Waals surface area (Å²) in [6, 6.07) is 3.92. The van der Waals surface area contributed by atoms with Gasteiger partial charge in [0.15, 0.2) is 0 Å². The van der Waals surface area contributed by atoms with Crippen LogP contribution in [0.15, 0.2) is 46.9 Å². The van der Waals surface area contributed by atoms with E-state index >= 15 is 0 Å². The molecule has 1 aromatic rings. The molecule has 8 nitrogen and oxygen atoms in total. The summed E-state index contributed by atoms with van der Waals surface area (Å²) >= 11 is 0. The Morgan fingerprint density at radius 1 is 1.11 bits per heavy atom. The molecule has 1 fully saturated rings. The van der Waals surface area contributed by atoms with Gasteiger partial charge in [-0.3, -0.25) is 9.69 Å². The van der Waals surface area contributed by atoms with Crippen LogP contribution in [0.5, 0.6) is 11.5 Å². The molecule has 0 N–H and O–H groups in total. The highest BCUT2D eigenvalue weighted by atomic mass is 16.5. The van der Waals surface area contributed by atoms with E-state index in [1.165, 1.54) is 0 Å². The third-order valence-corrected chi connectivity index (χ3v) is 8.74. The number of nitrogens with zero attached hydrogens (tertiary/aromatic N) is 4. The Balaban J connectivity index is 1.63. The van der Waals surface area contributed by atoms with Crippen LogP contribution in [0.25, 0.3) is 0 Å². The van der Waals surface area contributed by atoms with Crippen molar-refractivity contribution in [3.05, 3.63) is 58.1 Å². The lowest BCUT2D eigenvalue weighted by Crippen LogP contribution is -2.48. The lowest BCUT2D eigenvalue weighted by atomic mass is 9.86. The van der Waals surface area contributed by atoms with Gasteiger partial charge in [-0.05, 0) is 58.1 Å². The van der Waals surface area contributed by atoms with Crippen molar-refractivity contribution in [1.29, 1.82) is 0 Å². The number of hydrogen-bond acceptors (Lipinski definition) is 5. The van der Waals surface area contributed by atoms with Gasteiger partial charge in [0.1, 0.15) is 11.5 Å². The number of benzene rings is 1. The molecule has 0 saturated carbocycles. The van der Waals surface area contributed by atoms with Crippen LogP contribution < -0.4 is 9.47 Å². The van der Waals surface area contributed by atoms with Crippen molar-refractivity contribution in [2.75, 3.05) is 41.4 Å². The minimum Gasteiger partial charge on any atom is -0.497 e. The van der Waals surface area contributed by atoms with E-state index in [0.717, 1.165) is 46.0 Å². The molecule has 0 aromatic heterocycles. The fraction of sp³-hybridized carbons (Fsp3) is 0.533. The van der Waals surface area contributed by atoms with E-state index in [-0.39, 0.29) is 11.9 Å². The van der Waals surface area contributed by atoms with Gasteiger partial charge in [-0.1, -0.05) is 19.1 Å². The molecule has 0 radical (unpaired) electrons. The summed E-state index contributed by atoms with van der Waals surface area (Å²) in [5.41, 5.74) is 5.63. The lowest BCUT2D eigenvalue weighted by molar-refractivity contribution is -0.126. The van der Waals surface area contributed by atoms with Gasteiger partial charge in [0.2, 0.25) is 0 Å². The van der Waals surface area contributed by atoms with Crippen molar-refractivity contribution in [3.8, 4) is 11.5 Å². The molecule has 1 unspecified atom stereocenters. The molecule has 3 aliphatic heterocycles. The Morgan fingerprint density at radius 3 is 2.47 bits per heavy atom. The van der Waals surface area contributed by atoms with Gasteiger partial charge < -0.3 is 24.2 Å². The van der Waals surface area contributed by atoms with Gasteiger partial charge in [-0.2, -0.15) is 0 Å². The smallest absolute Gasteiger partial charge is 0.325 e. The number of amides is 3. The van der Waals surface area contributed by atoms with E-state index in [4.69, 9.17) is 9.47 Å². The van der Waals surface area contributed by atoms with E-state index in [2.05, 4.69) is 30.9 Å². The van der Waals surface area contributed by atoms with Gasteiger partial charge in [0.25, 0.3) is 5.91 Å². The van der Waals surface area contributed by atoms with Gasteiger partial charge in [0.05, 0.1) is 26.3 Å². The average molecular weight is 523 g/mol. The Kier molecular flexibility index (Phi) is 7.81. The van der Waals surface area contributed by atoms with Crippen LogP contribution in [0.1, 0.15) is 58.1 Å². The highest BCUT2D eigenvalue weighted by molar-refractivity contribution is 5.94. The summed E-state index contributed by atoms with van der Waals surface area (Å²) in [5, 5.41) is 0. The van der Waals surface area contributed by atoms with Gasteiger partial charge >= 0.3 is 6.03 Å². The van der Waals surface area contributed by atoms with Gasteiger partial charge in [-0.15, -0.1) is 0 Å². The van der Waals surface area contributed by atoms with E-state index in [0.29, 0.717) is 44.6 Å². The summed E-state index contributed by atoms with van der Waals surface area (Å²) < 4.78 is 11.2. The van der Waals surface area contributed by atoms with Crippen LogP contribution in [0.2, 0.25) is 0 Å². The van der Waals surface area contributed by atoms with Crippen molar-refractivity contribution >= 4 is 11.9 Å². The molecule has 0 aliphatic carbocycles. The summed E-state index contributed by atoms with van der Waals surface area (Å²) in [6.45, 7) is 9.86. The number of hydrogen-bond donors (Lipinski definition) is 0. The molecule has 1 atom stereocenters. The average Bonchev–Trinajstić information content (AvgIpc) is 3.02. The Morgan fingerprint density at radius 2 is 1.84 bits per heavy atom. The van der Waals surface area contributed by atoms with Crippen molar-refractivity contribution in [2.24, 2.45) is 0 Å². The number of carbonyl (C=O) groups excluding carboxylic acids is 2. The van der Waals surface area contributed by atoms with Gasteiger partial charge in [-0.25, -0.2) is 4.79 Å². The second-order valence-corrected chi connectivity index (χ2v) is 10.4. The third-order valence-electron chi connectivity index (χ3n) is 8.74. The fourth-order valence-electron chi connectivity index (χ4n) is 6.17. The second-order valence-electron chi connectivity index (χ2n) is 10.4. The minimum atomic E-state index is -0.483. The number of methoxy groups -OCH3 is 2. The first-order chi connectivity index (χ1) is 18.1. The predicted octanol–water partition coefficient (Wildman–Crippen LogP) is 4.91. The molecule has 0 bridgehead atoms. The highest BCUT2D eigenvalue weighted by Crippen LogP contribution is 2.45. The number of urea groups is 1. The molecule has 4 rings (SSSR count). The number of fused-ring (bicyclic) bond motifs is 2. The number of likely N-dealkylation sites (N-methyl/N-ethyl adjacent to an activating group) is 2. The Labute approximate surface area is 227 Å². The zero-order valence-electron chi connectivity index (χ0n) is 24.2. The first-order valence-corrected chi connectivity index (χ1v) is 13.5. The SMILES string of the molecule is CCN1C(=O)N2Cc3cc(OC)cc(OC)c3CC=C2C1(CC)CCN(C)C(=O)C1=C(C)N(C)C(C)=CC1. The molecule has 1 aromatic carbocycles. The predicted molar refractivity (Wildman–Crippen MR) is 149 cm³/mol. The van der Waals surface area contributed by atoms with Crippen LogP contribution in [-0.2, 0) is 17.8 Å². The summed E-state index contributed by atoms with van der Waals surface area (Å²) in [7, 11) is 7.18. The number of carbonyl (C=O) groups is 2. The summed E-state index contributed by atoms with van der Waals surface area (Å²) in [5.74, 6) is 1.54. The molecule has 206 valence electrons. The monoisotopic (exact) mass is 522 g/mol. The Bertz CT molecular complexity index is 1220. The maximum Gasteiger partial charge on any atom is 0.325 e. The topological polar surface area (TPSA) is 65.6 Å². The molecule has 3 aliphatic rings. The van der Waals surface area contributed by atoms with Crippen molar-refractivity contribution in [1.82, 2.24) is 19.6 Å². The van der Waals surface area contributed by atoms with E-state index in [1.54, 1.807) is 14.2 Å². The minimum absolute atomic E-state index is 0.0114. The standard InChI is InChI=1S/C30H42N4O4/c1-9-30(15-16-31(5)28(35)24-12-11-20(3)32(6)21(24)4)27-14-13-25-22(17-23(37-7)18-26(25)38-8)19-33(27)29(36)34(30)10-2/h11,14,17-18H,9-10,12-13,15-16,19H2,1-8H3. The van der Waals surface area contributed by atoms with Crippen LogP contribution in [-0.4, -0.2) is 78.5 Å². The summed E-state index contributed by atoms with van der Waals surface area (Å²) in [4.78, 5) is 35.1. The molecular formula is C30H42N4O4. The second kappa shape index (κ2) is 10.8. The first kappa shape index (κ1) is 27.6. The molecular weight excluding hydrogens is 480 g/mol. The molecule has 3 amide bonds. The fourth-order valence-corrected chi connectivity index (χ4v) is 6.17. The van der Waals surface area contributed by atoms with Crippen LogP contribution in [0, 0.1) is 0 Å². The lowest BCUT2D eigenvalue weighted by Gasteiger charge is -2.38. The van der Waals surface area contributed by atoms with Crippen molar-refractivity contribution < 1.29 is 19.1 Å². The normalized spacial score (nSPS) is 21.1. The Hall–Kier alpha value is -3.42. The molecule has 3 heterocycles. The third kappa shape index (κ3) is 4.44. The maximum atomic E-state index is 13.8. The van der Waals surface area contributed by atoms with E-state index in [9.17, 15) is 9.59 Å². The van der Waals surface area contributed by atoms with Gasteiger partial charge in [0, 0.05) is 61.5 Å². The zero-order valence-corrected chi connectivity index (χ0v) is 24.2.